The maximum absolute atomic E-state index is 14.5. The largest absolute Gasteiger partial charge is 0.462 e. The molecule has 50 heavy (non-hydrogen) atoms. The molecular formula is C40H43FN2O7. The number of rotatable bonds is 12. The van der Waals surface area contributed by atoms with E-state index in [1.54, 1.807) is 12.1 Å². The number of ether oxygens (including phenoxy) is 2. The van der Waals surface area contributed by atoms with Gasteiger partial charge in [0.1, 0.15) is 18.0 Å². The molecule has 6 unspecified atom stereocenters. The summed E-state index contributed by atoms with van der Waals surface area (Å²) in [6.45, 7) is 2.15. The van der Waals surface area contributed by atoms with Gasteiger partial charge in [-0.25, -0.2) is 4.39 Å². The number of halogens is 1. The van der Waals surface area contributed by atoms with Crippen LogP contribution in [0.2, 0.25) is 0 Å². The molecule has 0 aliphatic carbocycles. The normalized spacial score (nSPS) is 21.9. The Labute approximate surface area is 290 Å². The summed E-state index contributed by atoms with van der Waals surface area (Å²) in [5, 5.41) is 24.1. The summed E-state index contributed by atoms with van der Waals surface area (Å²) >= 11 is 0. The average Bonchev–Trinajstić information content (AvgIpc) is 3.45. The van der Waals surface area contributed by atoms with Crippen molar-refractivity contribution >= 4 is 17.8 Å². The SMILES string of the molecule is CCCc1[nH]c(-c2ccc(F)cc2)c(CC(c2ccccc2)C2CC(O)CC(=O)O2)c1C(=O)NCC(c1ccccc1)C1CC(O)CC(=O)O1. The van der Waals surface area contributed by atoms with E-state index in [0.717, 1.165) is 17.5 Å². The van der Waals surface area contributed by atoms with Crippen molar-refractivity contribution < 1.29 is 38.5 Å². The molecule has 0 saturated carbocycles. The minimum atomic E-state index is -0.851. The average molecular weight is 683 g/mol. The molecule has 4 aromatic rings. The number of hydrogen-bond donors (Lipinski definition) is 4. The maximum atomic E-state index is 14.5. The van der Waals surface area contributed by atoms with E-state index in [9.17, 15) is 29.0 Å². The lowest BCUT2D eigenvalue weighted by Gasteiger charge is -2.33. The van der Waals surface area contributed by atoms with Crippen LogP contribution in [0.4, 0.5) is 4.39 Å². The number of benzene rings is 3. The second kappa shape index (κ2) is 15.8. The highest BCUT2D eigenvalue weighted by Crippen LogP contribution is 2.38. The first kappa shape index (κ1) is 35.0. The zero-order valence-electron chi connectivity index (χ0n) is 28.0. The van der Waals surface area contributed by atoms with Gasteiger partial charge in [-0.05, 0) is 59.4 Å². The van der Waals surface area contributed by atoms with Crippen LogP contribution >= 0.6 is 0 Å². The predicted molar refractivity (Wildman–Crippen MR) is 185 cm³/mol. The van der Waals surface area contributed by atoms with Crippen molar-refractivity contribution in [3.63, 3.8) is 0 Å². The third-order valence-electron chi connectivity index (χ3n) is 9.68. The van der Waals surface area contributed by atoms with Crippen LogP contribution in [0.15, 0.2) is 84.9 Å². The Bertz CT molecular complexity index is 1780. The highest BCUT2D eigenvalue weighted by atomic mass is 19.1. The van der Waals surface area contributed by atoms with Crippen LogP contribution in [-0.2, 0) is 31.9 Å². The zero-order valence-corrected chi connectivity index (χ0v) is 28.0. The molecular weight excluding hydrogens is 639 g/mol. The summed E-state index contributed by atoms with van der Waals surface area (Å²) < 4.78 is 25.7. The van der Waals surface area contributed by atoms with E-state index in [1.165, 1.54) is 12.1 Å². The van der Waals surface area contributed by atoms with E-state index < -0.39 is 48.2 Å². The number of amides is 1. The molecule has 1 aromatic heterocycles. The Kier molecular flexibility index (Phi) is 11.1. The van der Waals surface area contributed by atoms with Crippen molar-refractivity contribution in [2.75, 3.05) is 6.54 Å². The van der Waals surface area contributed by atoms with Gasteiger partial charge in [0.2, 0.25) is 0 Å². The molecule has 2 fully saturated rings. The number of carbonyl (C=O) groups excluding carboxylic acids is 3. The number of hydrogen-bond acceptors (Lipinski definition) is 7. The number of aliphatic hydroxyl groups is 2. The van der Waals surface area contributed by atoms with Gasteiger partial charge in [0.25, 0.3) is 5.91 Å². The number of carbonyl (C=O) groups is 3. The lowest BCUT2D eigenvalue weighted by atomic mass is 9.82. The topological polar surface area (TPSA) is 138 Å². The Balaban J connectivity index is 1.41. The molecule has 2 saturated heterocycles. The van der Waals surface area contributed by atoms with E-state index in [4.69, 9.17) is 9.47 Å². The molecule has 4 N–H and O–H groups in total. The zero-order chi connectivity index (χ0) is 35.2. The fourth-order valence-corrected chi connectivity index (χ4v) is 7.32. The van der Waals surface area contributed by atoms with Gasteiger partial charge in [0.05, 0.1) is 30.6 Å². The predicted octanol–water partition coefficient (Wildman–Crippen LogP) is 5.75. The minimum Gasteiger partial charge on any atom is -0.462 e. The van der Waals surface area contributed by atoms with Crippen molar-refractivity contribution in [3.05, 3.63) is 119 Å². The number of esters is 2. The third-order valence-corrected chi connectivity index (χ3v) is 9.68. The van der Waals surface area contributed by atoms with Crippen LogP contribution in [-0.4, -0.2) is 64.0 Å². The van der Waals surface area contributed by atoms with E-state index in [0.29, 0.717) is 34.5 Å². The molecule has 2 aliphatic rings. The second-order valence-corrected chi connectivity index (χ2v) is 13.3. The van der Waals surface area contributed by atoms with Crippen LogP contribution in [0.5, 0.6) is 0 Å². The standard InChI is InChI=1S/C40H43FN2O7/c1-2-9-33-38(40(48)42-23-32(25-12-7-4-8-13-25)35-19-29(45)21-37(47)50-35)31(39(43-33)26-14-16-27(41)17-15-26)22-30(24-10-5-3-6-11-24)34-18-28(44)20-36(46)49-34/h3-8,10-17,28-30,32,34-35,43-45H,2,9,18-23H2,1H3,(H,42,48). The monoisotopic (exact) mass is 682 g/mol. The molecule has 3 heterocycles. The van der Waals surface area contributed by atoms with Crippen molar-refractivity contribution in [1.29, 1.82) is 0 Å². The summed E-state index contributed by atoms with van der Waals surface area (Å²) in [4.78, 5) is 42.9. The quantitative estimate of drug-likeness (QED) is 0.140. The van der Waals surface area contributed by atoms with Crippen molar-refractivity contribution in [1.82, 2.24) is 10.3 Å². The lowest BCUT2D eigenvalue weighted by molar-refractivity contribution is -0.162. The number of aromatic amines is 1. The van der Waals surface area contributed by atoms with Crippen molar-refractivity contribution in [2.24, 2.45) is 0 Å². The van der Waals surface area contributed by atoms with Gasteiger partial charge in [-0.3, -0.25) is 14.4 Å². The van der Waals surface area contributed by atoms with E-state index in [2.05, 4.69) is 10.3 Å². The molecule has 10 heteroatoms. The van der Waals surface area contributed by atoms with Crippen LogP contribution in [0.3, 0.4) is 0 Å². The number of aliphatic hydroxyl groups excluding tert-OH is 2. The fourth-order valence-electron chi connectivity index (χ4n) is 7.32. The number of cyclic esters (lactones) is 2. The molecule has 0 spiro atoms. The first-order chi connectivity index (χ1) is 24.2. The Morgan fingerprint density at radius 3 is 1.92 bits per heavy atom. The highest BCUT2D eigenvalue weighted by molar-refractivity contribution is 5.99. The third kappa shape index (κ3) is 8.14. The number of nitrogens with one attached hydrogen (secondary N) is 2. The molecule has 0 bridgehead atoms. The van der Waals surface area contributed by atoms with Crippen LogP contribution < -0.4 is 5.32 Å². The van der Waals surface area contributed by atoms with E-state index in [-0.39, 0.29) is 50.4 Å². The molecule has 6 rings (SSSR count). The number of aromatic nitrogens is 1. The Morgan fingerprint density at radius 2 is 1.38 bits per heavy atom. The van der Waals surface area contributed by atoms with Crippen LogP contribution in [0, 0.1) is 5.82 Å². The molecule has 9 nitrogen and oxygen atoms in total. The first-order valence-corrected chi connectivity index (χ1v) is 17.3. The van der Waals surface area contributed by atoms with Gasteiger partial charge in [-0.2, -0.15) is 0 Å². The second-order valence-electron chi connectivity index (χ2n) is 13.3. The van der Waals surface area contributed by atoms with Crippen molar-refractivity contribution in [3.8, 4) is 11.3 Å². The molecule has 3 aromatic carbocycles. The Morgan fingerprint density at radius 1 is 0.840 bits per heavy atom. The fraction of sp³-hybridized carbons (Fsp3) is 0.375. The molecule has 6 atom stereocenters. The van der Waals surface area contributed by atoms with E-state index in [1.807, 2.05) is 67.6 Å². The lowest BCUT2D eigenvalue weighted by Crippen LogP contribution is -2.41. The molecule has 2 aliphatic heterocycles. The summed E-state index contributed by atoms with van der Waals surface area (Å²) in [7, 11) is 0. The van der Waals surface area contributed by atoms with Gasteiger partial charge in [0, 0.05) is 42.6 Å². The van der Waals surface area contributed by atoms with Crippen LogP contribution in [0.25, 0.3) is 11.3 Å². The van der Waals surface area contributed by atoms with Crippen molar-refractivity contribution in [2.45, 2.75) is 88.1 Å². The highest BCUT2D eigenvalue weighted by Gasteiger charge is 2.38. The summed E-state index contributed by atoms with van der Waals surface area (Å²) in [6, 6.07) is 25.1. The number of aryl methyl sites for hydroxylation is 1. The molecule has 0 radical (unpaired) electrons. The summed E-state index contributed by atoms with van der Waals surface area (Å²) in [5.74, 6) is -2.53. The van der Waals surface area contributed by atoms with E-state index >= 15 is 0 Å². The minimum absolute atomic E-state index is 0.0699. The summed E-state index contributed by atoms with van der Waals surface area (Å²) in [6.07, 6.45) is -1.06. The van der Waals surface area contributed by atoms with Gasteiger partial charge in [-0.15, -0.1) is 0 Å². The van der Waals surface area contributed by atoms with Gasteiger partial charge < -0.3 is 30.0 Å². The smallest absolute Gasteiger partial charge is 0.308 e. The van der Waals surface area contributed by atoms with Gasteiger partial charge >= 0.3 is 11.9 Å². The maximum Gasteiger partial charge on any atom is 0.308 e. The number of H-pyrrole nitrogens is 1. The van der Waals surface area contributed by atoms with Gasteiger partial charge in [-0.1, -0.05) is 74.0 Å². The van der Waals surface area contributed by atoms with Crippen LogP contribution in [0.1, 0.15) is 83.6 Å². The first-order valence-electron chi connectivity index (χ1n) is 17.3. The molecule has 1 amide bonds. The van der Waals surface area contributed by atoms with Gasteiger partial charge in [0.15, 0.2) is 0 Å². The molecule has 262 valence electrons. The Hall–Kier alpha value is -4.80. The summed E-state index contributed by atoms with van der Waals surface area (Å²) in [5.41, 5.74) is 4.93.